The number of hydrogen-bond donors (Lipinski definition) is 1. The number of hydrogen-bond acceptors (Lipinski definition) is 3. The van der Waals surface area contributed by atoms with Gasteiger partial charge < -0.3 is 15.2 Å². The fraction of sp³-hybridized carbons (Fsp3) is 0.538. The van der Waals surface area contributed by atoms with Crippen LogP contribution in [0.1, 0.15) is 30.9 Å². The molecule has 92 valence electrons. The van der Waals surface area contributed by atoms with Crippen LogP contribution in [0.15, 0.2) is 18.2 Å². The van der Waals surface area contributed by atoms with E-state index in [1.165, 1.54) is 12.1 Å². The van der Waals surface area contributed by atoms with Gasteiger partial charge in [0.25, 0.3) is 0 Å². The molecule has 2 aliphatic heterocycles. The van der Waals surface area contributed by atoms with E-state index in [-0.39, 0.29) is 17.5 Å². The lowest BCUT2D eigenvalue weighted by molar-refractivity contribution is -0.0833. The molecule has 0 amide bonds. The zero-order valence-corrected chi connectivity index (χ0v) is 9.62. The van der Waals surface area contributed by atoms with Crippen molar-refractivity contribution in [2.75, 3.05) is 13.2 Å². The molecular weight excluding hydrogens is 221 g/mol. The fourth-order valence-electron chi connectivity index (χ4n) is 2.76. The second-order valence-electron chi connectivity index (χ2n) is 4.93. The van der Waals surface area contributed by atoms with Gasteiger partial charge in [-0.15, -0.1) is 0 Å². The SMILES string of the molecule is N[C@H]1CC2(CCCOC2)Oc2ccc(F)cc21. The highest BCUT2D eigenvalue weighted by molar-refractivity contribution is 5.39. The zero-order chi connectivity index (χ0) is 11.9. The summed E-state index contributed by atoms with van der Waals surface area (Å²) in [6.07, 6.45) is 2.64. The Bertz CT molecular complexity index is 429. The van der Waals surface area contributed by atoms with Gasteiger partial charge >= 0.3 is 0 Å². The third-order valence-corrected chi connectivity index (χ3v) is 3.58. The molecule has 1 aromatic rings. The van der Waals surface area contributed by atoms with Crippen molar-refractivity contribution in [3.63, 3.8) is 0 Å². The molecule has 1 aromatic carbocycles. The topological polar surface area (TPSA) is 44.5 Å². The highest BCUT2D eigenvalue weighted by atomic mass is 19.1. The van der Waals surface area contributed by atoms with E-state index in [4.69, 9.17) is 15.2 Å². The Morgan fingerprint density at radius 2 is 2.29 bits per heavy atom. The van der Waals surface area contributed by atoms with Crippen molar-refractivity contribution >= 4 is 0 Å². The van der Waals surface area contributed by atoms with Gasteiger partial charge in [-0.1, -0.05) is 0 Å². The van der Waals surface area contributed by atoms with Gasteiger partial charge in [0.2, 0.25) is 0 Å². The van der Waals surface area contributed by atoms with E-state index >= 15 is 0 Å². The fourth-order valence-corrected chi connectivity index (χ4v) is 2.76. The first kappa shape index (κ1) is 11.0. The lowest BCUT2D eigenvalue weighted by atomic mass is 9.84. The van der Waals surface area contributed by atoms with Crippen molar-refractivity contribution in [1.82, 2.24) is 0 Å². The molecule has 0 radical (unpaired) electrons. The number of benzene rings is 1. The molecule has 1 unspecified atom stereocenters. The molecule has 2 N–H and O–H groups in total. The van der Waals surface area contributed by atoms with Crippen LogP contribution in [0.25, 0.3) is 0 Å². The van der Waals surface area contributed by atoms with Crippen molar-refractivity contribution in [2.24, 2.45) is 5.73 Å². The Balaban J connectivity index is 1.94. The van der Waals surface area contributed by atoms with Crippen LogP contribution in [-0.4, -0.2) is 18.8 Å². The molecule has 0 aromatic heterocycles. The van der Waals surface area contributed by atoms with Crippen LogP contribution in [-0.2, 0) is 4.74 Å². The Labute approximate surface area is 99.7 Å². The molecule has 2 heterocycles. The van der Waals surface area contributed by atoms with E-state index < -0.39 is 0 Å². The number of fused-ring (bicyclic) bond motifs is 1. The van der Waals surface area contributed by atoms with E-state index in [1.807, 2.05) is 0 Å². The Morgan fingerprint density at radius 1 is 1.41 bits per heavy atom. The zero-order valence-electron chi connectivity index (χ0n) is 9.62. The van der Waals surface area contributed by atoms with Gasteiger partial charge in [0, 0.05) is 24.6 Å². The molecule has 0 bridgehead atoms. The molecule has 0 saturated carbocycles. The van der Waals surface area contributed by atoms with Crippen molar-refractivity contribution in [3.8, 4) is 5.75 Å². The van der Waals surface area contributed by atoms with E-state index in [0.29, 0.717) is 18.8 Å². The maximum absolute atomic E-state index is 13.2. The standard InChI is InChI=1S/C13H16FNO2/c14-9-2-3-12-10(6-9)11(15)7-13(17-12)4-1-5-16-8-13/h2-3,6,11H,1,4-5,7-8,15H2/t11-,13?/m0/s1. The summed E-state index contributed by atoms with van der Waals surface area (Å²) < 4.78 is 24.7. The monoisotopic (exact) mass is 237 g/mol. The van der Waals surface area contributed by atoms with Crippen molar-refractivity contribution in [3.05, 3.63) is 29.6 Å². The average molecular weight is 237 g/mol. The van der Waals surface area contributed by atoms with Crippen LogP contribution in [0, 0.1) is 5.82 Å². The number of rotatable bonds is 0. The Morgan fingerprint density at radius 3 is 3.06 bits per heavy atom. The maximum atomic E-state index is 13.2. The van der Waals surface area contributed by atoms with Crippen LogP contribution in [0.4, 0.5) is 4.39 Å². The summed E-state index contributed by atoms with van der Waals surface area (Å²) in [6, 6.07) is 4.38. The smallest absolute Gasteiger partial charge is 0.134 e. The third-order valence-electron chi connectivity index (χ3n) is 3.58. The molecule has 3 rings (SSSR count). The van der Waals surface area contributed by atoms with Gasteiger partial charge in [-0.05, 0) is 31.0 Å². The van der Waals surface area contributed by atoms with Crippen LogP contribution in [0.2, 0.25) is 0 Å². The van der Waals surface area contributed by atoms with Gasteiger partial charge in [0.15, 0.2) is 0 Å². The molecule has 4 heteroatoms. The summed E-state index contributed by atoms with van der Waals surface area (Å²) in [5, 5.41) is 0. The second-order valence-corrected chi connectivity index (χ2v) is 4.93. The number of halogens is 1. The first-order valence-electron chi connectivity index (χ1n) is 6.00. The van der Waals surface area contributed by atoms with E-state index in [9.17, 15) is 4.39 Å². The van der Waals surface area contributed by atoms with Crippen LogP contribution in [0.3, 0.4) is 0 Å². The van der Waals surface area contributed by atoms with Gasteiger partial charge in [0.05, 0.1) is 6.61 Å². The van der Waals surface area contributed by atoms with E-state index in [0.717, 1.165) is 25.0 Å². The minimum Gasteiger partial charge on any atom is -0.484 e. The summed E-state index contributed by atoms with van der Waals surface area (Å²) in [7, 11) is 0. The van der Waals surface area contributed by atoms with Crippen LogP contribution >= 0.6 is 0 Å². The lowest BCUT2D eigenvalue weighted by Gasteiger charge is -2.43. The Kier molecular flexibility index (Phi) is 2.56. The van der Waals surface area contributed by atoms with Gasteiger partial charge in [0.1, 0.15) is 17.2 Å². The second kappa shape index (κ2) is 3.96. The van der Waals surface area contributed by atoms with E-state index in [1.54, 1.807) is 6.07 Å². The van der Waals surface area contributed by atoms with Crippen molar-refractivity contribution in [2.45, 2.75) is 30.9 Å². The van der Waals surface area contributed by atoms with Gasteiger partial charge in [-0.3, -0.25) is 0 Å². The molecule has 3 nitrogen and oxygen atoms in total. The minimum absolute atomic E-state index is 0.170. The largest absolute Gasteiger partial charge is 0.484 e. The third kappa shape index (κ3) is 1.91. The van der Waals surface area contributed by atoms with Crippen molar-refractivity contribution < 1.29 is 13.9 Å². The number of ether oxygens (including phenoxy) is 2. The Hall–Kier alpha value is -1.13. The predicted molar refractivity (Wildman–Crippen MR) is 61.4 cm³/mol. The van der Waals surface area contributed by atoms with Gasteiger partial charge in [-0.25, -0.2) is 4.39 Å². The first-order valence-corrected chi connectivity index (χ1v) is 6.00. The van der Waals surface area contributed by atoms with Crippen LogP contribution < -0.4 is 10.5 Å². The van der Waals surface area contributed by atoms with E-state index in [2.05, 4.69) is 0 Å². The summed E-state index contributed by atoms with van der Waals surface area (Å²) in [5.74, 6) is 0.439. The van der Waals surface area contributed by atoms with Gasteiger partial charge in [-0.2, -0.15) is 0 Å². The molecule has 1 fully saturated rings. The first-order chi connectivity index (χ1) is 8.19. The molecule has 0 aliphatic carbocycles. The minimum atomic E-state index is -0.303. The molecule has 17 heavy (non-hydrogen) atoms. The summed E-state index contributed by atoms with van der Waals surface area (Å²) in [6.45, 7) is 1.37. The summed E-state index contributed by atoms with van der Waals surface area (Å²) in [5.41, 5.74) is 6.58. The summed E-state index contributed by atoms with van der Waals surface area (Å²) >= 11 is 0. The molecule has 2 atom stereocenters. The lowest BCUT2D eigenvalue weighted by Crippen LogP contribution is -2.49. The maximum Gasteiger partial charge on any atom is 0.134 e. The predicted octanol–water partition coefficient (Wildman–Crippen LogP) is 2.16. The quantitative estimate of drug-likeness (QED) is 0.752. The molecule has 1 saturated heterocycles. The molecular formula is C13H16FNO2. The van der Waals surface area contributed by atoms with Crippen LogP contribution in [0.5, 0.6) is 5.75 Å². The normalized spacial score (nSPS) is 32.0. The average Bonchev–Trinajstić information content (AvgIpc) is 2.31. The molecule has 1 spiro atoms. The highest BCUT2D eigenvalue weighted by Gasteiger charge is 2.41. The highest BCUT2D eigenvalue weighted by Crippen LogP contribution is 2.42. The number of nitrogens with two attached hydrogens (primary N) is 1. The summed E-state index contributed by atoms with van der Waals surface area (Å²) in [4.78, 5) is 0. The van der Waals surface area contributed by atoms with Crippen molar-refractivity contribution in [1.29, 1.82) is 0 Å². The molecule has 2 aliphatic rings.